The fraction of sp³-hybridized carbons (Fsp3) is 0. The maximum atomic E-state index is 11.3. The van der Waals surface area contributed by atoms with E-state index < -0.39 is 10.0 Å². The summed E-state index contributed by atoms with van der Waals surface area (Å²) in [5.41, 5.74) is 6.00. The number of nitrogen functional groups attached to an aromatic ring is 1. The summed E-state index contributed by atoms with van der Waals surface area (Å²) in [6.07, 6.45) is 0. The molecule has 0 spiro atoms. The molecule has 2 aromatic rings. The van der Waals surface area contributed by atoms with Gasteiger partial charge in [0.15, 0.2) is 0 Å². The lowest BCUT2D eigenvalue weighted by molar-refractivity contribution is 0.481. The van der Waals surface area contributed by atoms with Crippen molar-refractivity contribution in [2.45, 2.75) is 4.90 Å². The third kappa shape index (κ3) is 1.68. The summed E-state index contributed by atoms with van der Waals surface area (Å²) in [6.45, 7) is 0. The molecule has 0 aromatic heterocycles. The third-order valence-corrected chi connectivity index (χ3v) is 3.25. The van der Waals surface area contributed by atoms with Crippen molar-refractivity contribution >= 4 is 26.5 Å². The van der Waals surface area contributed by atoms with Crippen molar-refractivity contribution in [1.82, 2.24) is 0 Å². The normalized spacial score (nSPS) is 11.8. The maximum absolute atomic E-state index is 11.3. The van der Waals surface area contributed by atoms with Crippen LogP contribution in [0.3, 0.4) is 0 Å². The second-order valence-corrected chi connectivity index (χ2v) is 4.96. The highest BCUT2D eigenvalue weighted by molar-refractivity contribution is 7.89. The largest absolute Gasteiger partial charge is 0.507 e. The molecular weight excluding hydrogens is 228 g/mol. The number of hydrogen-bond acceptors (Lipinski definition) is 4. The van der Waals surface area contributed by atoms with E-state index in [0.29, 0.717) is 16.5 Å². The van der Waals surface area contributed by atoms with E-state index >= 15 is 0 Å². The van der Waals surface area contributed by atoms with Crippen LogP contribution in [0.1, 0.15) is 0 Å². The van der Waals surface area contributed by atoms with Crippen molar-refractivity contribution in [3.8, 4) is 5.75 Å². The lowest BCUT2D eigenvalue weighted by Crippen LogP contribution is -2.12. The van der Waals surface area contributed by atoms with Gasteiger partial charge in [0, 0.05) is 16.5 Å². The number of aromatic hydroxyl groups is 1. The van der Waals surface area contributed by atoms with Crippen LogP contribution in [0, 0.1) is 0 Å². The van der Waals surface area contributed by atoms with Crippen LogP contribution in [0.2, 0.25) is 0 Å². The van der Waals surface area contributed by atoms with Gasteiger partial charge in [0.05, 0.1) is 4.90 Å². The van der Waals surface area contributed by atoms with Gasteiger partial charge in [0.1, 0.15) is 5.75 Å². The zero-order valence-corrected chi connectivity index (χ0v) is 9.03. The lowest BCUT2D eigenvalue weighted by atomic mass is 10.1. The Balaban J connectivity index is 2.96. The summed E-state index contributed by atoms with van der Waals surface area (Å²) in [4.78, 5) is -0.0275. The van der Waals surface area contributed by atoms with Crippen molar-refractivity contribution in [3.63, 3.8) is 0 Å². The van der Waals surface area contributed by atoms with Crippen LogP contribution in [-0.2, 0) is 10.0 Å². The molecule has 0 saturated carbocycles. The second kappa shape index (κ2) is 3.36. The number of fused-ring (bicyclic) bond motifs is 1. The molecule has 16 heavy (non-hydrogen) atoms. The Kier molecular flexibility index (Phi) is 2.25. The number of anilines is 1. The van der Waals surface area contributed by atoms with Gasteiger partial charge in [0.2, 0.25) is 10.0 Å². The molecule has 5 nitrogen and oxygen atoms in total. The number of rotatable bonds is 1. The molecule has 0 atom stereocenters. The van der Waals surface area contributed by atoms with E-state index in [1.165, 1.54) is 24.3 Å². The highest BCUT2D eigenvalue weighted by atomic mass is 32.2. The number of nitrogens with two attached hydrogens (primary N) is 2. The molecule has 6 heteroatoms. The van der Waals surface area contributed by atoms with E-state index in [0.717, 1.165) is 0 Å². The molecule has 2 rings (SSSR count). The van der Waals surface area contributed by atoms with E-state index in [-0.39, 0.29) is 10.6 Å². The minimum absolute atomic E-state index is 0.0275. The first-order valence-corrected chi connectivity index (χ1v) is 5.98. The molecule has 0 aliphatic heterocycles. The standard InChI is InChI=1S/C10H10N2O3S/c11-6-1-2-7-8(5-6)9(13)3-4-10(7)16(12,14)15/h1-5,13H,11H2,(H2,12,14,15). The summed E-state index contributed by atoms with van der Waals surface area (Å²) < 4.78 is 22.6. The first kappa shape index (κ1) is 10.7. The highest BCUT2D eigenvalue weighted by Crippen LogP contribution is 2.30. The van der Waals surface area contributed by atoms with E-state index in [9.17, 15) is 13.5 Å². The van der Waals surface area contributed by atoms with Crippen LogP contribution in [0.4, 0.5) is 5.69 Å². The molecule has 5 N–H and O–H groups in total. The van der Waals surface area contributed by atoms with Crippen molar-refractivity contribution in [2.24, 2.45) is 5.14 Å². The van der Waals surface area contributed by atoms with Gasteiger partial charge in [-0.3, -0.25) is 0 Å². The van der Waals surface area contributed by atoms with Crippen molar-refractivity contribution in [1.29, 1.82) is 0 Å². The quantitative estimate of drug-likeness (QED) is 0.638. The fourth-order valence-corrected chi connectivity index (χ4v) is 2.31. The molecule has 0 saturated heterocycles. The molecule has 0 heterocycles. The first-order valence-electron chi connectivity index (χ1n) is 4.43. The molecule has 0 radical (unpaired) electrons. The summed E-state index contributed by atoms with van der Waals surface area (Å²) >= 11 is 0. The second-order valence-electron chi connectivity index (χ2n) is 3.43. The maximum Gasteiger partial charge on any atom is 0.238 e. The molecule has 0 bridgehead atoms. The van der Waals surface area contributed by atoms with Gasteiger partial charge < -0.3 is 10.8 Å². The predicted molar refractivity (Wildman–Crippen MR) is 61.4 cm³/mol. The van der Waals surface area contributed by atoms with E-state index in [2.05, 4.69) is 0 Å². The number of sulfonamides is 1. The summed E-state index contributed by atoms with van der Waals surface area (Å²) in [5, 5.41) is 15.4. The summed E-state index contributed by atoms with van der Waals surface area (Å²) in [6, 6.07) is 7.12. The number of primary sulfonamides is 1. The van der Waals surface area contributed by atoms with E-state index in [1.807, 2.05) is 0 Å². The predicted octanol–water partition coefficient (Wildman–Crippen LogP) is 0.775. The SMILES string of the molecule is Nc1ccc2c(S(N)(=O)=O)ccc(O)c2c1. The van der Waals surface area contributed by atoms with Crippen molar-refractivity contribution in [3.05, 3.63) is 30.3 Å². The molecule has 84 valence electrons. The Morgan fingerprint density at radius 3 is 2.38 bits per heavy atom. The molecule has 0 aliphatic carbocycles. The van der Waals surface area contributed by atoms with Gasteiger partial charge in [-0.05, 0) is 24.3 Å². The summed E-state index contributed by atoms with van der Waals surface area (Å²) in [7, 11) is -3.81. The first-order chi connectivity index (χ1) is 7.39. The zero-order valence-electron chi connectivity index (χ0n) is 8.21. The molecule has 2 aromatic carbocycles. The molecule has 0 amide bonds. The molecule has 0 unspecified atom stereocenters. The van der Waals surface area contributed by atoms with Crippen LogP contribution in [0.5, 0.6) is 5.75 Å². The van der Waals surface area contributed by atoms with Gasteiger partial charge in [-0.1, -0.05) is 6.07 Å². The number of hydrogen-bond donors (Lipinski definition) is 3. The molecule has 0 fully saturated rings. The van der Waals surface area contributed by atoms with Crippen LogP contribution >= 0.6 is 0 Å². The molecular formula is C10H10N2O3S. The van der Waals surface area contributed by atoms with Crippen LogP contribution < -0.4 is 10.9 Å². The average Bonchev–Trinajstić information content (AvgIpc) is 2.17. The highest BCUT2D eigenvalue weighted by Gasteiger charge is 2.14. The van der Waals surface area contributed by atoms with Crippen LogP contribution in [0.25, 0.3) is 10.8 Å². The Bertz CT molecular complexity index is 665. The Hall–Kier alpha value is -1.79. The minimum Gasteiger partial charge on any atom is -0.507 e. The van der Waals surface area contributed by atoms with Crippen molar-refractivity contribution < 1.29 is 13.5 Å². The number of phenolic OH excluding ortho intramolecular Hbond substituents is 1. The van der Waals surface area contributed by atoms with Gasteiger partial charge in [-0.2, -0.15) is 0 Å². The Labute approximate surface area is 92.3 Å². The van der Waals surface area contributed by atoms with Gasteiger partial charge >= 0.3 is 0 Å². The van der Waals surface area contributed by atoms with E-state index in [1.54, 1.807) is 6.07 Å². The van der Waals surface area contributed by atoms with Crippen molar-refractivity contribution in [2.75, 3.05) is 5.73 Å². The minimum atomic E-state index is -3.81. The van der Waals surface area contributed by atoms with E-state index in [4.69, 9.17) is 10.9 Å². The number of phenols is 1. The average molecular weight is 238 g/mol. The van der Waals surface area contributed by atoms with Gasteiger partial charge in [-0.25, -0.2) is 13.6 Å². The Morgan fingerprint density at radius 1 is 1.06 bits per heavy atom. The number of benzene rings is 2. The summed E-state index contributed by atoms with van der Waals surface area (Å²) in [5.74, 6) is -0.0327. The van der Waals surface area contributed by atoms with Gasteiger partial charge in [-0.15, -0.1) is 0 Å². The van der Waals surface area contributed by atoms with Gasteiger partial charge in [0.25, 0.3) is 0 Å². The van der Waals surface area contributed by atoms with Crippen LogP contribution in [0.15, 0.2) is 35.2 Å². The fourth-order valence-electron chi connectivity index (χ4n) is 1.57. The Morgan fingerprint density at radius 2 is 1.75 bits per heavy atom. The topological polar surface area (TPSA) is 106 Å². The van der Waals surface area contributed by atoms with Crippen LogP contribution in [-0.4, -0.2) is 13.5 Å². The monoisotopic (exact) mass is 238 g/mol. The molecule has 0 aliphatic rings. The smallest absolute Gasteiger partial charge is 0.238 e. The third-order valence-electron chi connectivity index (χ3n) is 2.28. The zero-order chi connectivity index (χ0) is 11.9. The lowest BCUT2D eigenvalue weighted by Gasteiger charge is -2.06.